The fraction of sp³-hybridized carbons (Fsp3) is 0.600. The number of unbranched alkanes of at least 4 members (excludes halogenated alkanes) is 2. The molecule has 1 rings (SSSR count). The molecule has 0 atom stereocenters. The van der Waals surface area contributed by atoms with E-state index in [1.54, 1.807) is 7.11 Å². The van der Waals surface area contributed by atoms with Gasteiger partial charge in [-0.2, -0.15) is 0 Å². The van der Waals surface area contributed by atoms with Gasteiger partial charge in [0, 0.05) is 0 Å². The molecule has 0 unspecified atom stereocenters. The van der Waals surface area contributed by atoms with Gasteiger partial charge in [0.1, 0.15) is 6.54 Å². The van der Waals surface area contributed by atoms with Gasteiger partial charge in [-0.3, -0.25) is 4.79 Å². The van der Waals surface area contributed by atoms with Gasteiger partial charge in [-0.25, -0.2) is 4.99 Å². The highest BCUT2D eigenvalue weighted by Crippen LogP contribution is 2.05. The van der Waals surface area contributed by atoms with E-state index in [0.717, 1.165) is 19.3 Å². The molecule has 14 heavy (non-hydrogen) atoms. The summed E-state index contributed by atoms with van der Waals surface area (Å²) >= 11 is 0. The summed E-state index contributed by atoms with van der Waals surface area (Å²) in [5.41, 5.74) is 0.706. The Morgan fingerprint density at radius 3 is 3.07 bits per heavy atom. The molecule has 0 aromatic heterocycles. The van der Waals surface area contributed by atoms with Gasteiger partial charge in [0.2, 0.25) is 11.8 Å². The first kappa shape index (κ1) is 10.8. The normalized spacial score (nSPS) is 19.1. The third-order valence-corrected chi connectivity index (χ3v) is 1.97. The van der Waals surface area contributed by atoms with Crippen molar-refractivity contribution in [3.63, 3.8) is 0 Å². The van der Waals surface area contributed by atoms with Crippen LogP contribution in [-0.2, 0) is 9.53 Å². The highest BCUT2D eigenvalue weighted by molar-refractivity contribution is 6.01. The summed E-state index contributed by atoms with van der Waals surface area (Å²) in [4.78, 5) is 15.1. The third-order valence-electron chi connectivity index (χ3n) is 1.97. The second kappa shape index (κ2) is 5.42. The molecule has 0 aliphatic carbocycles. The van der Waals surface area contributed by atoms with Crippen molar-refractivity contribution < 1.29 is 9.53 Å². The summed E-state index contributed by atoms with van der Waals surface area (Å²) in [6, 6.07) is 0. The van der Waals surface area contributed by atoms with Crippen molar-refractivity contribution >= 4 is 11.8 Å². The Hall–Kier alpha value is -1.32. The highest BCUT2D eigenvalue weighted by atomic mass is 16.5. The van der Waals surface area contributed by atoms with Gasteiger partial charge in [0.05, 0.1) is 12.8 Å². The Kier molecular flexibility index (Phi) is 4.16. The quantitative estimate of drug-likeness (QED) is 0.690. The number of ether oxygens (including phenoxy) is 1. The molecule has 1 aliphatic rings. The van der Waals surface area contributed by atoms with Crippen LogP contribution in [0.2, 0.25) is 0 Å². The van der Waals surface area contributed by atoms with E-state index in [1.165, 1.54) is 0 Å². The van der Waals surface area contributed by atoms with Gasteiger partial charge in [0.25, 0.3) is 0 Å². The number of hydrogen-bond acceptors (Lipinski definition) is 3. The third kappa shape index (κ3) is 2.87. The van der Waals surface area contributed by atoms with Crippen LogP contribution in [0.3, 0.4) is 0 Å². The highest BCUT2D eigenvalue weighted by Gasteiger charge is 2.16. The number of hydrogen-bond donors (Lipinski definition) is 1. The Morgan fingerprint density at radius 2 is 2.43 bits per heavy atom. The van der Waals surface area contributed by atoms with Gasteiger partial charge in [-0.05, 0) is 12.8 Å². The number of methoxy groups -OCH3 is 1. The molecule has 0 aromatic rings. The summed E-state index contributed by atoms with van der Waals surface area (Å²) in [5, 5.41) is 2.74. The van der Waals surface area contributed by atoms with E-state index >= 15 is 0 Å². The number of allylic oxidation sites excluding steroid dienone is 1. The summed E-state index contributed by atoms with van der Waals surface area (Å²) in [7, 11) is 1.56. The van der Waals surface area contributed by atoms with Crippen molar-refractivity contribution in [2.45, 2.75) is 26.2 Å². The summed E-state index contributed by atoms with van der Waals surface area (Å²) in [6.45, 7) is 2.29. The van der Waals surface area contributed by atoms with E-state index in [9.17, 15) is 4.79 Å². The number of amides is 1. The SMILES string of the molecule is CCCC/C=C1\NC(=O)CN=C1OC. The molecule has 4 nitrogen and oxygen atoms in total. The summed E-state index contributed by atoms with van der Waals surface area (Å²) in [5.74, 6) is 0.453. The van der Waals surface area contributed by atoms with Crippen LogP contribution in [0.4, 0.5) is 0 Å². The molecular weight excluding hydrogens is 180 g/mol. The molecule has 78 valence electrons. The van der Waals surface area contributed by atoms with Crippen LogP contribution < -0.4 is 5.32 Å². The Labute approximate surface area is 84.0 Å². The van der Waals surface area contributed by atoms with Crippen LogP contribution in [0.15, 0.2) is 16.8 Å². The minimum Gasteiger partial charge on any atom is -0.480 e. The molecule has 0 aromatic carbocycles. The van der Waals surface area contributed by atoms with Crippen LogP contribution in [0.25, 0.3) is 0 Å². The number of rotatable bonds is 3. The van der Waals surface area contributed by atoms with Gasteiger partial charge in [-0.15, -0.1) is 0 Å². The average Bonchev–Trinajstić information content (AvgIpc) is 2.19. The molecule has 0 bridgehead atoms. The van der Waals surface area contributed by atoms with Gasteiger partial charge in [-0.1, -0.05) is 19.4 Å². The summed E-state index contributed by atoms with van der Waals surface area (Å²) in [6.07, 6.45) is 5.14. The zero-order chi connectivity index (χ0) is 10.4. The van der Waals surface area contributed by atoms with Crippen LogP contribution in [0.1, 0.15) is 26.2 Å². The van der Waals surface area contributed by atoms with E-state index in [0.29, 0.717) is 11.6 Å². The lowest BCUT2D eigenvalue weighted by molar-refractivity contribution is -0.119. The Balaban J connectivity index is 2.63. The first-order chi connectivity index (χ1) is 6.77. The molecule has 0 saturated carbocycles. The largest absolute Gasteiger partial charge is 0.480 e. The lowest BCUT2D eigenvalue weighted by Gasteiger charge is -2.15. The molecule has 1 aliphatic heterocycles. The van der Waals surface area contributed by atoms with E-state index in [-0.39, 0.29) is 12.5 Å². The molecule has 0 saturated heterocycles. The number of nitrogens with one attached hydrogen (secondary N) is 1. The predicted octanol–water partition coefficient (Wildman–Crippen LogP) is 1.24. The summed E-state index contributed by atoms with van der Waals surface area (Å²) < 4.78 is 5.05. The first-order valence-electron chi connectivity index (χ1n) is 4.86. The lowest BCUT2D eigenvalue weighted by Crippen LogP contribution is -2.34. The van der Waals surface area contributed by atoms with Crippen LogP contribution in [-0.4, -0.2) is 25.5 Å². The number of carbonyl (C=O) groups is 1. The zero-order valence-corrected chi connectivity index (χ0v) is 8.67. The van der Waals surface area contributed by atoms with E-state index < -0.39 is 0 Å². The average molecular weight is 196 g/mol. The number of carbonyl (C=O) groups excluding carboxylic acids is 1. The van der Waals surface area contributed by atoms with Crippen molar-refractivity contribution in [3.05, 3.63) is 11.8 Å². The molecular formula is C10H16N2O2. The Morgan fingerprint density at radius 1 is 1.64 bits per heavy atom. The molecule has 1 heterocycles. The topological polar surface area (TPSA) is 50.7 Å². The van der Waals surface area contributed by atoms with Gasteiger partial charge >= 0.3 is 0 Å². The zero-order valence-electron chi connectivity index (χ0n) is 8.67. The Bertz CT molecular complexity index is 269. The fourth-order valence-electron chi connectivity index (χ4n) is 1.24. The predicted molar refractivity (Wildman–Crippen MR) is 55.1 cm³/mol. The number of nitrogens with zero attached hydrogens (tertiary/aromatic N) is 1. The van der Waals surface area contributed by atoms with Crippen LogP contribution in [0, 0.1) is 0 Å². The van der Waals surface area contributed by atoms with E-state index in [4.69, 9.17) is 4.74 Å². The van der Waals surface area contributed by atoms with Crippen molar-refractivity contribution in [1.29, 1.82) is 0 Å². The van der Waals surface area contributed by atoms with E-state index in [2.05, 4.69) is 17.2 Å². The van der Waals surface area contributed by atoms with E-state index in [1.807, 2.05) is 6.08 Å². The van der Waals surface area contributed by atoms with Gasteiger partial charge in [0.15, 0.2) is 0 Å². The minimum atomic E-state index is -0.0754. The van der Waals surface area contributed by atoms with Gasteiger partial charge < -0.3 is 10.1 Å². The lowest BCUT2D eigenvalue weighted by atomic mass is 10.2. The molecule has 0 radical (unpaired) electrons. The second-order valence-corrected chi connectivity index (χ2v) is 3.13. The van der Waals surface area contributed by atoms with Crippen LogP contribution in [0.5, 0.6) is 0 Å². The monoisotopic (exact) mass is 196 g/mol. The maximum Gasteiger partial charge on any atom is 0.246 e. The molecule has 0 spiro atoms. The van der Waals surface area contributed by atoms with Crippen LogP contribution >= 0.6 is 0 Å². The van der Waals surface area contributed by atoms with Crippen molar-refractivity contribution in [2.75, 3.05) is 13.7 Å². The molecule has 1 N–H and O–H groups in total. The molecule has 1 amide bonds. The number of aliphatic imine (C=N–C) groups is 1. The smallest absolute Gasteiger partial charge is 0.246 e. The maximum atomic E-state index is 11.1. The van der Waals surface area contributed by atoms with Crippen molar-refractivity contribution in [2.24, 2.45) is 4.99 Å². The first-order valence-corrected chi connectivity index (χ1v) is 4.86. The maximum absolute atomic E-state index is 11.1. The second-order valence-electron chi connectivity index (χ2n) is 3.13. The molecule has 0 fully saturated rings. The fourth-order valence-corrected chi connectivity index (χ4v) is 1.24. The standard InChI is InChI=1S/C10H16N2O2/c1-3-4-5-6-8-10(14-2)11-7-9(13)12-8/h6H,3-5,7H2,1-2H3,(H,12,13)/b8-6-. The van der Waals surface area contributed by atoms with Crippen molar-refractivity contribution in [1.82, 2.24) is 5.32 Å². The minimum absolute atomic E-state index is 0.0754. The van der Waals surface area contributed by atoms with Crippen molar-refractivity contribution in [3.8, 4) is 0 Å². The molecule has 4 heteroatoms.